The molecular weight excluding hydrogens is 470 g/mol. The number of hydrogen-bond donors (Lipinski definition) is 3. The summed E-state index contributed by atoms with van der Waals surface area (Å²) in [5, 5.41) is 17.6. The number of aryl methyl sites for hydroxylation is 2. The highest BCUT2D eigenvalue weighted by atomic mass is 16.5. The number of aromatic amines is 1. The number of amides is 1. The van der Waals surface area contributed by atoms with Crippen molar-refractivity contribution in [2.75, 3.05) is 30.4 Å². The number of piperidine rings is 1. The van der Waals surface area contributed by atoms with Crippen molar-refractivity contribution in [3.05, 3.63) is 71.8 Å². The van der Waals surface area contributed by atoms with Crippen LogP contribution in [-0.2, 0) is 16.1 Å². The standard InChI is InChI=1S/C26H31N9O2/c1-18-13-21(30-22-15-19(2)32-33-22)31-24(14-18)34-11-7-26(37-3,8-12-34)25(36)28-17-20-5-6-23(27-16-20)35-10-4-9-29-35/h4-6,9-10,13-16H,7-8,11-12,17H2,1-3H3,(H,28,36)(H2,30,31,32,33). The molecule has 1 aliphatic rings. The lowest BCUT2D eigenvalue weighted by atomic mass is 9.90. The molecule has 11 nitrogen and oxygen atoms in total. The van der Waals surface area contributed by atoms with Crippen LogP contribution in [0.15, 0.2) is 55.0 Å². The number of rotatable bonds is 8. The second-order valence-corrected chi connectivity index (χ2v) is 9.29. The molecule has 3 N–H and O–H groups in total. The van der Waals surface area contributed by atoms with Crippen LogP contribution in [0.25, 0.3) is 5.82 Å². The summed E-state index contributed by atoms with van der Waals surface area (Å²) in [4.78, 5) is 24.6. The Morgan fingerprint density at radius 2 is 1.97 bits per heavy atom. The summed E-state index contributed by atoms with van der Waals surface area (Å²) in [5.41, 5.74) is 2.09. The van der Waals surface area contributed by atoms with E-state index in [-0.39, 0.29) is 5.91 Å². The van der Waals surface area contributed by atoms with Crippen LogP contribution in [-0.4, -0.2) is 61.7 Å². The van der Waals surface area contributed by atoms with Gasteiger partial charge in [0.25, 0.3) is 5.91 Å². The van der Waals surface area contributed by atoms with E-state index in [4.69, 9.17) is 9.72 Å². The van der Waals surface area contributed by atoms with Crippen LogP contribution in [0.4, 0.5) is 17.5 Å². The van der Waals surface area contributed by atoms with Gasteiger partial charge in [-0.3, -0.25) is 9.89 Å². The predicted octanol–water partition coefficient (Wildman–Crippen LogP) is 3.05. The van der Waals surface area contributed by atoms with Crippen LogP contribution < -0.4 is 15.5 Å². The Bertz CT molecular complexity index is 1340. The SMILES string of the molecule is COC1(C(=O)NCc2ccc(-n3cccn3)nc2)CCN(c2cc(C)cc(Nc3cc(C)[nH]n3)n2)CC1. The number of aromatic nitrogens is 6. The van der Waals surface area contributed by atoms with E-state index in [1.807, 2.05) is 50.4 Å². The quantitative estimate of drug-likeness (QED) is 0.336. The minimum Gasteiger partial charge on any atom is -0.368 e. The number of nitrogens with one attached hydrogen (secondary N) is 3. The summed E-state index contributed by atoms with van der Waals surface area (Å²) >= 11 is 0. The van der Waals surface area contributed by atoms with E-state index in [2.05, 4.69) is 41.9 Å². The Balaban J connectivity index is 1.20. The van der Waals surface area contributed by atoms with Gasteiger partial charge in [0.1, 0.15) is 17.2 Å². The minimum atomic E-state index is -0.879. The molecule has 0 spiro atoms. The first-order valence-corrected chi connectivity index (χ1v) is 12.3. The first kappa shape index (κ1) is 24.4. The third-order valence-corrected chi connectivity index (χ3v) is 6.62. The number of H-pyrrole nitrogens is 1. The number of pyridine rings is 2. The van der Waals surface area contributed by atoms with Crippen molar-refractivity contribution in [1.29, 1.82) is 0 Å². The van der Waals surface area contributed by atoms with E-state index >= 15 is 0 Å². The maximum atomic E-state index is 13.2. The van der Waals surface area contributed by atoms with Gasteiger partial charge in [0, 0.05) is 69.9 Å². The molecule has 0 atom stereocenters. The normalized spacial score (nSPS) is 14.9. The Kier molecular flexibility index (Phi) is 6.87. The molecular formula is C26H31N9O2. The summed E-state index contributed by atoms with van der Waals surface area (Å²) < 4.78 is 7.49. The van der Waals surface area contributed by atoms with Crippen molar-refractivity contribution in [3.8, 4) is 5.82 Å². The Labute approximate surface area is 215 Å². The van der Waals surface area contributed by atoms with Gasteiger partial charge in [-0.05, 0) is 49.2 Å². The average Bonchev–Trinajstić information content (AvgIpc) is 3.59. The molecule has 1 fully saturated rings. The van der Waals surface area contributed by atoms with Gasteiger partial charge in [-0.2, -0.15) is 10.2 Å². The summed E-state index contributed by atoms with van der Waals surface area (Å²) in [5.74, 6) is 2.93. The maximum Gasteiger partial charge on any atom is 0.252 e. The highest BCUT2D eigenvalue weighted by Gasteiger charge is 2.41. The molecule has 4 aromatic rings. The van der Waals surface area contributed by atoms with Gasteiger partial charge in [-0.1, -0.05) is 6.07 Å². The fraction of sp³-hybridized carbons (Fsp3) is 0.346. The van der Waals surface area contributed by atoms with Gasteiger partial charge in [-0.25, -0.2) is 14.6 Å². The molecule has 37 heavy (non-hydrogen) atoms. The number of carbonyl (C=O) groups is 1. The zero-order valence-corrected chi connectivity index (χ0v) is 21.2. The van der Waals surface area contributed by atoms with Gasteiger partial charge in [0.05, 0.1) is 0 Å². The minimum absolute atomic E-state index is 0.112. The number of anilines is 3. The highest BCUT2D eigenvalue weighted by Crippen LogP contribution is 2.30. The molecule has 192 valence electrons. The lowest BCUT2D eigenvalue weighted by Gasteiger charge is -2.40. The smallest absolute Gasteiger partial charge is 0.252 e. The molecule has 0 saturated carbocycles. The summed E-state index contributed by atoms with van der Waals surface area (Å²) in [6.45, 7) is 5.67. The van der Waals surface area contributed by atoms with Crippen molar-refractivity contribution in [1.82, 2.24) is 35.3 Å². The van der Waals surface area contributed by atoms with Crippen molar-refractivity contribution in [2.24, 2.45) is 0 Å². The van der Waals surface area contributed by atoms with Gasteiger partial charge >= 0.3 is 0 Å². The Morgan fingerprint density at radius 3 is 2.62 bits per heavy atom. The molecule has 11 heteroatoms. The molecule has 4 aromatic heterocycles. The first-order chi connectivity index (χ1) is 17.9. The van der Waals surface area contributed by atoms with Gasteiger partial charge in [-0.15, -0.1) is 0 Å². The molecule has 0 aliphatic carbocycles. The highest BCUT2D eigenvalue weighted by molar-refractivity contribution is 5.85. The van der Waals surface area contributed by atoms with Crippen molar-refractivity contribution < 1.29 is 9.53 Å². The van der Waals surface area contributed by atoms with Crippen LogP contribution in [0.2, 0.25) is 0 Å². The lowest BCUT2D eigenvalue weighted by Crippen LogP contribution is -2.55. The fourth-order valence-corrected chi connectivity index (χ4v) is 4.51. The molecule has 0 radical (unpaired) electrons. The summed E-state index contributed by atoms with van der Waals surface area (Å²) in [6.07, 6.45) is 6.41. The number of ether oxygens (including phenoxy) is 1. The zero-order chi connectivity index (χ0) is 25.8. The van der Waals surface area contributed by atoms with Crippen LogP contribution in [0.1, 0.15) is 29.7 Å². The van der Waals surface area contributed by atoms with E-state index < -0.39 is 5.60 Å². The molecule has 1 amide bonds. The molecule has 5 rings (SSSR count). The van der Waals surface area contributed by atoms with Crippen molar-refractivity contribution in [2.45, 2.75) is 38.8 Å². The van der Waals surface area contributed by atoms with Crippen LogP contribution in [0.5, 0.6) is 0 Å². The average molecular weight is 502 g/mol. The van der Waals surface area contributed by atoms with Crippen molar-refractivity contribution >= 4 is 23.4 Å². The topological polar surface area (TPSA) is 126 Å². The molecule has 0 unspecified atom stereocenters. The van der Waals surface area contributed by atoms with Gasteiger partial charge < -0.3 is 20.3 Å². The number of nitrogens with zero attached hydrogens (tertiary/aromatic N) is 6. The molecule has 1 saturated heterocycles. The second-order valence-electron chi connectivity index (χ2n) is 9.29. The lowest BCUT2D eigenvalue weighted by molar-refractivity contribution is -0.146. The fourth-order valence-electron chi connectivity index (χ4n) is 4.51. The molecule has 1 aliphatic heterocycles. The maximum absolute atomic E-state index is 13.2. The first-order valence-electron chi connectivity index (χ1n) is 12.3. The van der Waals surface area contributed by atoms with Crippen LogP contribution >= 0.6 is 0 Å². The second kappa shape index (κ2) is 10.4. The molecule has 0 aromatic carbocycles. The van der Waals surface area contributed by atoms with E-state index in [1.165, 1.54) is 0 Å². The zero-order valence-electron chi connectivity index (χ0n) is 21.2. The summed E-state index contributed by atoms with van der Waals surface area (Å²) in [6, 6.07) is 11.6. The van der Waals surface area contributed by atoms with E-state index in [0.29, 0.717) is 32.5 Å². The van der Waals surface area contributed by atoms with Gasteiger partial charge in [0.2, 0.25) is 0 Å². The number of carbonyl (C=O) groups excluding carboxylic acids is 1. The molecule has 5 heterocycles. The largest absolute Gasteiger partial charge is 0.368 e. The Hall–Kier alpha value is -4.25. The third kappa shape index (κ3) is 5.46. The predicted molar refractivity (Wildman–Crippen MR) is 140 cm³/mol. The van der Waals surface area contributed by atoms with E-state index in [0.717, 1.165) is 40.1 Å². The van der Waals surface area contributed by atoms with Crippen LogP contribution in [0, 0.1) is 13.8 Å². The third-order valence-electron chi connectivity index (χ3n) is 6.62. The summed E-state index contributed by atoms with van der Waals surface area (Å²) in [7, 11) is 1.61. The monoisotopic (exact) mass is 501 g/mol. The van der Waals surface area contributed by atoms with E-state index in [1.54, 1.807) is 24.2 Å². The Morgan fingerprint density at radius 1 is 1.14 bits per heavy atom. The van der Waals surface area contributed by atoms with E-state index in [9.17, 15) is 4.79 Å². The van der Waals surface area contributed by atoms with Crippen LogP contribution in [0.3, 0.4) is 0 Å². The molecule has 0 bridgehead atoms. The van der Waals surface area contributed by atoms with Crippen molar-refractivity contribution in [3.63, 3.8) is 0 Å². The number of hydrogen-bond acceptors (Lipinski definition) is 8. The van der Waals surface area contributed by atoms with Gasteiger partial charge in [0.15, 0.2) is 11.6 Å². The number of methoxy groups -OCH3 is 1.